The second-order valence-electron chi connectivity index (χ2n) is 8.93. The van der Waals surface area contributed by atoms with Crippen LogP contribution in [-0.4, -0.2) is 83.5 Å². The number of sulfone groups is 1. The average Bonchev–Trinajstić information content (AvgIpc) is 3.44. The highest BCUT2D eigenvalue weighted by Gasteiger charge is 2.35. The van der Waals surface area contributed by atoms with Gasteiger partial charge in [0.1, 0.15) is 4.21 Å². The fourth-order valence-corrected chi connectivity index (χ4v) is 8.83. The molecule has 1 aromatic carbocycles. The molecule has 204 valence electrons. The summed E-state index contributed by atoms with van der Waals surface area (Å²) >= 11 is 8.22. The zero-order valence-electron chi connectivity index (χ0n) is 20.5. The molecule has 1 saturated heterocycles. The Balaban J connectivity index is 0.00000380. The number of rotatable bonds is 8. The average molecular weight is 628 g/mol. The van der Waals surface area contributed by atoms with Crippen molar-refractivity contribution < 1.29 is 21.6 Å². The summed E-state index contributed by atoms with van der Waals surface area (Å²) in [6, 6.07) is 7.82. The third-order valence-electron chi connectivity index (χ3n) is 5.99. The Morgan fingerprint density at radius 1 is 1.08 bits per heavy atom. The van der Waals surface area contributed by atoms with Crippen molar-refractivity contribution in [2.24, 2.45) is 5.92 Å². The van der Waals surface area contributed by atoms with Gasteiger partial charge in [-0.25, -0.2) is 21.8 Å². The van der Waals surface area contributed by atoms with E-state index in [4.69, 9.17) is 11.6 Å². The van der Waals surface area contributed by atoms with Crippen LogP contribution >= 0.6 is 46.7 Å². The highest BCUT2D eigenvalue weighted by molar-refractivity contribution is 7.91. The van der Waals surface area contributed by atoms with Crippen molar-refractivity contribution in [1.29, 1.82) is 0 Å². The van der Waals surface area contributed by atoms with E-state index in [2.05, 4.69) is 4.98 Å². The second kappa shape index (κ2) is 11.8. The maximum Gasteiger partial charge on any atom is 0.252 e. The van der Waals surface area contributed by atoms with E-state index in [0.29, 0.717) is 45.6 Å². The Morgan fingerprint density at radius 3 is 2.32 bits per heavy atom. The molecule has 0 atom stereocenters. The minimum atomic E-state index is -3.64. The highest BCUT2D eigenvalue weighted by atomic mass is 35.5. The summed E-state index contributed by atoms with van der Waals surface area (Å²) in [6.45, 7) is 1.51. The Kier molecular flexibility index (Phi) is 9.66. The van der Waals surface area contributed by atoms with Gasteiger partial charge in [0.25, 0.3) is 10.0 Å². The molecular weight excluding hydrogens is 599 g/mol. The summed E-state index contributed by atoms with van der Waals surface area (Å²) < 4.78 is 52.5. The molecule has 15 heteroatoms. The number of carbonyl (C=O) groups is 1. The molecular formula is C22H28Cl2N4O5S4. The molecule has 1 aliphatic rings. The van der Waals surface area contributed by atoms with Gasteiger partial charge in [0.05, 0.1) is 19.4 Å². The summed E-state index contributed by atoms with van der Waals surface area (Å²) in [6.07, 6.45) is 1.96. The first kappa shape index (κ1) is 30.2. The van der Waals surface area contributed by atoms with E-state index >= 15 is 0 Å². The van der Waals surface area contributed by atoms with Crippen LogP contribution in [0.15, 0.2) is 39.4 Å². The molecule has 0 radical (unpaired) electrons. The predicted molar refractivity (Wildman–Crippen MR) is 152 cm³/mol. The van der Waals surface area contributed by atoms with Crippen LogP contribution in [0.4, 0.5) is 5.13 Å². The first-order valence-corrected chi connectivity index (χ1v) is 16.5. The topological polar surface area (TPSA) is 108 Å². The first-order chi connectivity index (χ1) is 16.9. The molecule has 0 N–H and O–H groups in total. The third kappa shape index (κ3) is 6.82. The molecule has 3 heterocycles. The number of likely N-dealkylation sites (N-methyl/N-ethyl adjacent to an activating group) is 1. The summed E-state index contributed by atoms with van der Waals surface area (Å²) in [5, 5.41) is 0.505. The number of hydrogen-bond acceptors (Lipinski definition) is 9. The molecule has 2 aromatic heterocycles. The third-order valence-corrected chi connectivity index (χ3v) is 11.7. The van der Waals surface area contributed by atoms with Gasteiger partial charge < -0.3 is 4.90 Å². The maximum atomic E-state index is 13.6. The molecule has 1 aliphatic heterocycles. The van der Waals surface area contributed by atoms with E-state index in [1.165, 1.54) is 27.8 Å². The number of aromatic nitrogens is 1. The van der Waals surface area contributed by atoms with E-state index in [1.54, 1.807) is 23.1 Å². The van der Waals surface area contributed by atoms with E-state index in [0.717, 1.165) is 17.6 Å². The largest absolute Gasteiger partial charge is 0.308 e. The lowest BCUT2D eigenvalue weighted by molar-refractivity contribution is -0.123. The van der Waals surface area contributed by atoms with Crippen LogP contribution in [0.3, 0.4) is 0 Å². The molecule has 0 aliphatic carbocycles. The number of thiazole rings is 1. The van der Waals surface area contributed by atoms with E-state index < -0.39 is 19.9 Å². The smallest absolute Gasteiger partial charge is 0.252 e. The minimum absolute atomic E-state index is 0. The molecule has 0 saturated carbocycles. The van der Waals surface area contributed by atoms with E-state index in [1.807, 2.05) is 19.0 Å². The Hall–Kier alpha value is -1.32. The van der Waals surface area contributed by atoms with Gasteiger partial charge in [0.2, 0.25) is 5.91 Å². The first-order valence-electron chi connectivity index (χ1n) is 11.2. The quantitative estimate of drug-likeness (QED) is 0.374. The number of carbonyl (C=O) groups excluding carboxylic acids is 1. The van der Waals surface area contributed by atoms with Crippen LogP contribution in [0.2, 0.25) is 4.34 Å². The van der Waals surface area contributed by atoms with Gasteiger partial charge in [0, 0.05) is 38.4 Å². The number of anilines is 1. The number of benzene rings is 1. The van der Waals surface area contributed by atoms with Crippen molar-refractivity contribution >= 4 is 87.8 Å². The van der Waals surface area contributed by atoms with Crippen molar-refractivity contribution in [1.82, 2.24) is 14.2 Å². The van der Waals surface area contributed by atoms with Crippen molar-refractivity contribution in [3.8, 4) is 0 Å². The Morgan fingerprint density at radius 2 is 1.76 bits per heavy atom. The molecule has 4 rings (SSSR count). The zero-order valence-corrected chi connectivity index (χ0v) is 25.3. The van der Waals surface area contributed by atoms with Gasteiger partial charge in [-0.3, -0.25) is 9.69 Å². The molecule has 1 amide bonds. The summed E-state index contributed by atoms with van der Waals surface area (Å²) in [4.78, 5) is 22.1. The summed E-state index contributed by atoms with van der Waals surface area (Å²) in [7, 11) is -3.17. The number of fused-ring (bicyclic) bond motifs is 1. The number of nitrogens with zero attached hydrogens (tertiary/aromatic N) is 4. The van der Waals surface area contributed by atoms with E-state index in [-0.39, 0.29) is 46.4 Å². The van der Waals surface area contributed by atoms with Crippen molar-refractivity contribution in [3.05, 3.63) is 34.7 Å². The van der Waals surface area contributed by atoms with Crippen LogP contribution < -0.4 is 4.90 Å². The van der Waals surface area contributed by atoms with Crippen LogP contribution in [0, 0.1) is 5.92 Å². The monoisotopic (exact) mass is 626 g/mol. The van der Waals surface area contributed by atoms with Gasteiger partial charge in [-0.2, -0.15) is 4.31 Å². The standard InChI is InChI=1S/C22H27ClN4O5S4.ClH/c1-25(2)12-13-27(22-24-17-5-4-16(35(3,29)30)14-18(17)33-22)21(28)15-8-10-26(11-9-15)36(31,32)20-7-6-19(23)34-20;/h4-7,14-15H,8-13H2,1-3H3;1H. The number of sulfonamides is 1. The van der Waals surface area contributed by atoms with E-state index in [9.17, 15) is 21.6 Å². The van der Waals surface area contributed by atoms with Gasteiger partial charge in [-0.1, -0.05) is 22.9 Å². The SMILES string of the molecule is CN(C)CCN(C(=O)C1CCN(S(=O)(=O)c2ccc(Cl)s2)CC1)c1nc2ccc(S(C)(=O)=O)cc2s1.Cl. The van der Waals surface area contributed by atoms with Crippen molar-refractivity contribution in [2.75, 3.05) is 51.4 Å². The van der Waals surface area contributed by atoms with Crippen LogP contribution in [0.25, 0.3) is 10.2 Å². The fraction of sp³-hybridized carbons (Fsp3) is 0.455. The lowest BCUT2D eigenvalue weighted by atomic mass is 9.96. The molecule has 0 unspecified atom stereocenters. The fourth-order valence-electron chi connectivity index (χ4n) is 3.97. The normalized spacial score (nSPS) is 15.7. The molecule has 1 fully saturated rings. The molecule has 0 spiro atoms. The molecule has 9 nitrogen and oxygen atoms in total. The van der Waals surface area contributed by atoms with Gasteiger partial charge in [-0.05, 0) is 57.3 Å². The Labute approximate surface area is 236 Å². The minimum Gasteiger partial charge on any atom is -0.308 e. The maximum absolute atomic E-state index is 13.6. The second-order valence-corrected chi connectivity index (χ2v) is 15.8. The number of amides is 1. The zero-order chi connectivity index (χ0) is 26.3. The lowest BCUT2D eigenvalue weighted by Gasteiger charge is -2.33. The molecule has 0 bridgehead atoms. The summed E-state index contributed by atoms with van der Waals surface area (Å²) in [5.41, 5.74) is 0.626. The van der Waals surface area contributed by atoms with Gasteiger partial charge in [0.15, 0.2) is 15.0 Å². The van der Waals surface area contributed by atoms with Crippen molar-refractivity contribution in [2.45, 2.75) is 21.9 Å². The Bertz CT molecular complexity index is 1480. The van der Waals surface area contributed by atoms with Crippen molar-refractivity contribution in [3.63, 3.8) is 0 Å². The number of thiophene rings is 1. The molecule has 37 heavy (non-hydrogen) atoms. The number of halogens is 2. The summed E-state index contributed by atoms with van der Waals surface area (Å²) in [5.74, 6) is -0.445. The van der Waals surface area contributed by atoms with Crippen LogP contribution in [0.1, 0.15) is 12.8 Å². The molecule has 3 aromatic rings. The van der Waals surface area contributed by atoms with Crippen LogP contribution in [0.5, 0.6) is 0 Å². The number of hydrogen-bond donors (Lipinski definition) is 0. The lowest BCUT2D eigenvalue weighted by Crippen LogP contribution is -2.45. The van der Waals surface area contributed by atoms with Gasteiger partial charge in [-0.15, -0.1) is 23.7 Å². The number of piperidine rings is 1. The predicted octanol–water partition coefficient (Wildman–Crippen LogP) is 3.83. The highest BCUT2D eigenvalue weighted by Crippen LogP contribution is 2.34. The van der Waals surface area contributed by atoms with Gasteiger partial charge >= 0.3 is 0 Å². The van der Waals surface area contributed by atoms with Crippen LogP contribution in [-0.2, 0) is 24.7 Å².